The van der Waals surface area contributed by atoms with Crippen LogP contribution in [0.15, 0.2) is 83.5 Å². The van der Waals surface area contributed by atoms with Gasteiger partial charge in [0, 0.05) is 15.3 Å². The molecule has 0 saturated heterocycles. The molecule has 0 fully saturated rings. The molecule has 0 bridgehead atoms. The lowest BCUT2D eigenvalue weighted by atomic mass is 10.0. The number of benzene rings is 2. The van der Waals surface area contributed by atoms with Crippen LogP contribution in [-0.4, -0.2) is 11.6 Å². The van der Waals surface area contributed by atoms with Crippen LogP contribution in [0.5, 0.6) is 0 Å². The molecule has 4 rings (SSSR count). The highest BCUT2D eigenvalue weighted by Crippen LogP contribution is 2.29. The summed E-state index contributed by atoms with van der Waals surface area (Å²) < 4.78 is 0. The van der Waals surface area contributed by atoms with Crippen molar-refractivity contribution < 1.29 is 4.79 Å². The summed E-state index contributed by atoms with van der Waals surface area (Å²) in [6.07, 6.45) is 1.94. The molecule has 0 N–H and O–H groups in total. The van der Waals surface area contributed by atoms with Crippen molar-refractivity contribution in [2.45, 2.75) is 6.92 Å². The predicted molar refractivity (Wildman–Crippen MR) is 104 cm³/mol. The molecule has 1 aliphatic rings. The zero-order chi connectivity index (χ0) is 17.2. The molecule has 0 aliphatic carbocycles. The predicted octanol–water partition coefficient (Wildman–Crippen LogP) is 4.89. The van der Waals surface area contributed by atoms with E-state index < -0.39 is 0 Å². The molecule has 0 radical (unpaired) electrons. The van der Waals surface area contributed by atoms with Gasteiger partial charge in [0.25, 0.3) is 5.91 Å². The van der Waals surface area contributed by atoms with Gasteiger partial charge >= 0.3 is 0 Å². The average Bonchev–Trinajstić information content (AvgIpc) is 3.21. The minimum Gasteiger partial charge on any atom is -0.267 e. The van der Waals surface area contributed by atoms with Gasteiger partial charge in [-0.15, -0.1) is 11.3 Å². The Bertz CT molecular complexity index is 971. The third-order valence-corrected chi connectivity index (χ3v) is 4.92. The highest BCUT2D eigenvalue weighted by atomic mass is 32.1. The molecule has 0 saturated carbocycles. The quantitative estimate of drug-likeness (QED) is 0.623. The molecule has 0 atom stereocenters. The van der Waals surface area contributed by atoms with Gasteiger partial charge in [0.1, 0.15) is 5.71 Å². The van der Waals surface area contributed by atoms with E-state index in [-0.39, 0.29) is 5.91 Å². The van der Waals surface area contributed by atoms with Gasteiger partial charge in [0.05, 0.1) is 11.3 Å². The topological polar surface area (TPSA) is 32.7 Å². The minimum atomic E-state index is -0.101. The van der Waals surface area contributed by atoms with E-state index in [2.05, 4.69) is 18.1 Å². The second kappa shape index (κ2) is 6.49. The maximum Gasteiger partial charge on any atom is 0.281 e. The second-order valence-corrected chi connectivity index (χ2v) is 7.09. The Morgan fingerprint density at radius 1 is 0.920 bits per heavy atom. The SMILES string of the molecule is Cc1ccc(C=C2C(=O)N(c3ccccc3)N=C2c2ccccc2)s1. The molecular formula is C21H16N2OS. The second-order valence-electron chi connectivity index (χ2n) is 5.77. The van der Waals surface area contributed by atoms with E-state index in [9.17, 15) is 4.79 Å². The maximum atomic E-state index is 13.0. The van der Waals surface area contributed by atoms with Crippen LogP contribution in [-0.2, 0) is 4.79 Å². The summed E-state index contributed by atoms with van der Waals surface area (Å²) in [5.74, 6) is -0.101. The first-order valence-electron chi connectivity index (χ1n) is 8.04. The minimum absolute atomic E-state index is 0.101. The standard InChI is InChI=1S/C21H16N2OS/c1-15-12-13-18(25-15)14-19-20(16-8-4-2-5-9-16)22-23(21(19)24)17-10-6-3-7-11-17/h2-14H,1H3. The fraction of sp³-hybridized carbons (Fsp3) is 0.0476. The number of carbonyl (C=O) groups excluding carboxylic acids is 1. The van der Waals surface area contributed by atoms with Crippen LogP contribution in [0.25, 0.3) is 6.08 Å². The lowest BCUT2D eigenvalue weighted by Gasteiger charge is -2.10. The number of anilines is 1. The number of hydrogen-bond acceptors (Lipinski definition) is 3. The first-order chi connectivity index (χ1) is 12.2. The van der Waals surface area contributed by atoms with Gasteiger partial charge in [-0.1, -0.05) is 48.5 Å². The number of thiophene rings is 1. The van der Waals surface area contributed by atoms with Gasteiger partial charge in [0.15, 0.2) is 0 Å². The molecule has 2 aromatic carbocycles. The summed E-state index contributed by atoms with van der Waals surface area (Å²) in [6.45, 7) is 2.06. The number of hydrazone groups is 1. The van der Waals surface area contributed by atoms with E-state index in [0.717, 1.165) is 16.1 Å². The summed E-state index contributed by atoms with van der Waals surface area (Å²) in [4.78, 5) is 15.3. The number of hydrogen-bond donors (Lipinski definition) is 0. The number of rotatable bonds is 3. The van der Waals surface area contributed by atoms with E-state index in [1.165, 1.54) is 9.89 Å². The van der Waals surface area contributed by atoms with Gasteiger partial charge in [-0.2, -0.15) is 10.1 Å². The van der Waals surface area contributed by atoms with Crippen molar-refractivity contribution in [1.29, 1.82) is 0 Å². The smallest absolute Gasteiger partial charge is 0.267 e. The zero-order valence-corrected chi connectivity index (χ0v) is 14.5. The van der Waals surface area contributed by atoms with E-state index in [0.29, 0.717) is 11.3 Å². The van der Waals surface area contributed by atoms with Gasteiger partial charge in [-0.3, -0.25) is 4.79 Å². The molecule has 122 valence electrons. The Balaban J connectivity index is 1.83. The Morgan fingerprint density at radius 3 is 2.24 bits per heavy atom. The summed E-state index contributed by atoms with van der Waals surface area (Å²) >= 11 is 1.67. The van der Waals surface area contributed by atoms with Crippen LogP contribution >= 0.6 is 11.3 Å². The first kappa shape index (κ1) is 15.5. The van der Waals surface area contributed by atoms with Crippen molar-refractivity contribution in [3.63, 3.8) is 0 Å². The van der Waals surface area contributed by atoms with Crippen LogP contribution in [0, 0.1) is 6.92 Å². The van der Waals surface area contributed by atoms with E-state index >= 15 is 0 Å². The van der Waals surface area contributed by atoms with Gasteiger partial charge in [-0.25, -0.2) is 0 Å². The van der Waals surface area contributed by atoms with Crippen molar-refractivity contribution in [2.75, 3.05) is 5.01 Å². The van der Waals surface area contributed by atoms with Gasteiger partial charge < -0.3 is 0 Å². The van der Waals surface area contributed by atoms with Crippen LogP contribution in [0.4, 0.5) is 5.69 Å². The van der Waals surface area contributed by atoms with E-state index in [1.54, 1.807) is 11.3 Å². The lowest BCUT2D eigenvalue weighted by Crippen LogP contribution is -2.21. The zero-order valence-electron chi connectivity index (χ0n) is 13.7. The highest BCUT2D eigenvalue weighted by molar-refractivity contribution is 7.12. The molecule has 1 aliphatic heterocycles. The molecule has 0 unspecified atom stereocenters. The number of aryl methyl sites for hydroxylation is 1. The Hall–Kier alpha value is -2.98. The number of carbonyl (C=O) groups is 1. The van der Waals surface area contributed by atoms with E-state index in [1.807, 2.05) is 72.8 Å². The number of amides is 1. The Kier molecular flexibility index (Phi) is 4.04. The van der Waals surface area contributed by atoms with Gasteiger partial charge in [0.2, 0.25) is 0 Å². The molecular weight excluding hydrogens is 328 g/mol. The fourth-order valence-electron chi connectivity index (χ4n) is 2.77. The highest BCUT2D eigenvalue weighted by Gasteiger charge is 2.31. The van der Waals surface area contributed by atoms with Crippen LogP contribution in [0.2, 0.25) is 0 Å². The summed E-state index contributed by atoms with van der Waals surface area (Å²) in [6, 6.07) is 23.5. The monoisotopic (exact) mass is 344 g/mol. The normalized spacial score (nSPS) is 15.7. The average molecular weight is 344 g/mol. The van der Waals surface area contributed by atoms with Crippen LogP contribution in [0.3, 0.4) is 0 Å². The summed E-state index contributed by atoms with van der Waals surface area (Å²) in [7, 11) is 0. The number of para-hydroxylation sites is 1. The third-order valence-electron chi connectivity index (χ3n) is 3.97. The Morgan fingerprint density at radius 2 is 1.60 bits per heavy atom. The molecule has 2 heterocycles. The van der Waals surface area contributed by atoms with Crippen molar-refractivity contribution in [3.05, 3.63) is 93.7 Å². The third kappa shape index (κ3) is 3.04. The summed E-state index contributed by atoms with van der Waals surface area (Å²) in [5, 5.41) is 6.11. The largest absolute Gasteiger partial charge is 0.281 e. The first-order valence-corrected chi connectivity index (χ1v) is 8.86. The Labute approximate surface area is 150 Å². The molecule has 4 heteroatoms. The molecule has 1 aromatic heterocycles. The molecule has 0 spiro atoms. The van der Waals surface area contributed by atoms with Gasteiger partial charge in [-0.05, 0) is 37.3 Å². The lowest BCUT2D eigenvalue weighted by molar-refractivity contribution is -0.114. The van der Waals surface area contributed by atoms with Crippen molar-refractivity contribution in [2.24, 2.45) is 5.10 Å². The van der Waals surface area contributed by atoms with Crippen molar-refractivity contribution >= 4 is 34.7 Å². The fourth-order valence-corrected chi connectivity index (χ4v) is 3.59. The number of nitrogens with zero attached hydrogens (tertiary/aromatic N) is 2. The molecule has 1 amide bonds. The maximum absolute atomic E-state index is 13.0. The summed E-state index contributed by atoms with van der Waals surface area (Å²) in [5.41, 5.74) is 3.04. The molecule has 3 aromatic rings. The van der Waals surface area contributed by atoms with Crippen LogP contribution in [0.1, 0.15) is 15.3 Å². The van der Waals surface area contributed by atoms with Crippen LogP contribution < -0.4 is 5.01 Å². The van der Waals surface area contributed by atoms with Crippen molar-refractivity contribution in [1.82, 2.24) is 0 Å². The molecule has 3 nitrogen and oxygen atoms in total. The van der Waals surface area contributed by atoms with Crippen molar-refractivity contribution in [3.8, 4) is 0 Å². The van der Waals surface area contributed by atoms with E-state index in [4.69, 9.17) is 0 Å². The molecule has 25 heavy (non-hydrogen) atoms.